The highest BCUT2D eigenvalue weighted by Crippen LogP contribution is 2.20. The zero-order valence-electron chi connectivity index (χ0n) is 10.3. The summed E-state index contributed by atoms with van der Waals surface area (Å²) in [4.78, 5) is 13.6. The number of amides is 1. The first kappa shape index (κ1) is 13.4. The molecule has 16 heavy (non-hydrogen) atoms. The molecule has 5 nitrogen and oxygen atoms in total. The van der Waals surface area contributed by atoms with Crippen LogP contribution in [0.25, 0.3) is 0 Å². The van der Waals surface area contributed by atoms with Crippen LogP contribution in [0.1, 0.15) is 20.8 Å². The van der Waals surface area contributed by atoms with E-state index >= 15 is 0 Å². The Morgan fingerprint density at radius 1 is 1.62 bits per heavy atom. The minimum absolute atomic E-state index is 0.0472. The predicted octanol–water partition coefficient (Wildman–Crippen LogP) is -0.406. The van der Waals surface area contributed by atoms with Gasteiger partial charge in [-0.15, -0.1) is 0 Å². The average Bonchev–Trinajstić information content (AvgIpc) is 2.23. The van der Waals surface area contributed by atoms with Gasteiger partial charge in [0.05, 0.1) is 24.9 Å². The van der Waals surface area contributed by atoms with E-state index in [1.54, 1.807) is 4.90 Å². The quantitative estimate of drug-likeness (QED) is 0.689. The van der Waals surface area contributed by atoms with Crippen LogP contribution in [0.2, 0.25) is 0 Å². The van der Waals surface area contributed by atoms with Gasteiger partial charge in [-0.3, -0.25) is 4.79 Å². The molecule has 0 bridgehead atoms. The van der Waals surface area contributed by atoms with Gasteiger partial charge in [-0.25, -0.2) is 0 Å². The molecule has 94 valence electrons. The van der Waals surface area contributed by atoms with Crippen LogP contribution >= 0.6 is 0 Å². The maximum absolute atomic E-state index is 11.8. The fourth-order valence-electron chi connectivity index (χ4n) is 1.92. The van der Waals surface area contributed by atoms with Crippen LogP contribution in [-0.4, -0.2) is 60.4 Å². The molecular formula is C11H22N2O3. The Morgan fingerprint density at radius 2 is 2.31 bits per heavy atom. The molecular weight excluding hydrogens is 208 g/mol. The van der Waals surface area contributed by atoms with Crippen LogP contribution < -0.4 is 5.32 Å². The Morgan fingerprint density at radius 3 is 2.88 bits per heavy atom. The van der Waals surface area contributed by atoms with E-state index in [1.165, 1.54) is 0 Å². The minimum atomic E-state index is -0.381. The van der Waals surface area contributed by atoms with Gasteiger partial charge >= 0.3 is 0 Å². The lowest BCUT2D eigenvalue weighted by Gasteiger charge is -2.42. The lowest BCUT2D eigenvalue weighted by atomic mass is 10.1. The van der Waals surface area contributed by atoms with Crippen molar-refractivity contribution in [1.82, 2.24) is 10.2 Å². The molecule has 1 atom stereocenters. The molecule has 1 heterocycles. The number of aliphatic hydroxyl groups is 1. The summed E-state index contributed by atoms with van der Waals surface area (Å²) in [6, 6.07) is 0. The highest BCUT2D eigenvalue weighted by Gasteiger charge is 2.34. The van der Waals surface area contributed by atoms with Gasteiger partial charge in [0.25, 0.3) is 0 Å². The van der Waals surface area contributed by atoms with Gasteiger partial charge in [0.2, 0.25) is 5.91 Å². The van der Waals surface area contributed by atoms with Gasteiger partial charge in [0, 0.05) is 13.1 Å². The number of likely N-dealkylation sites (N-methyl/N-ethyl adjacent to an activating group) is 1. The van der Waals surface area contributed by atoms with E-state index in [0.29, 0.717) is 19.6 Å². The number of nitrogens with zero attached hydrogens (tertiary/aromatic N) is 1. The van der Waals surface area contributed by atoms with E-state index in [1.807, 2.05) is 20.8 Å². The Labute approximate surface area is 96.8 Å². The molecule has 1 rings (SSSR count). The molecule has 1 unspecified atom stereocenters. The Bertz CT molecular complexity index is 243. The number of morpholine rings is 1. The molecule has 0 saturated carbocycles. The summed E-state index contributed by atoms with van der Waals surface area (Å²) in [5.41, 5.74) is -0.381. The van der Waals surface area contributed by atoms with Crippen molar-refractivity contribution in [2.24, 2.45) is 0 Å². The first-order valence-corrected chi connectivity index (χ1v) is 5.75. The number of hydrogen-bond acceptors (Lipinski definition) is 4. The van der Waals surface area contributed by atoms with E-state index < -0.39 is 0 Å². The summed E-state index contributed by atoms with van der Waals surface area (Å²) in [6.45, 7) is 7.97. The Balaban J connectivity index is 2.55. The average molecular weight is 230 g/mol. The second-order valence-electron chi connectivity index (χ2n) is 4.74. The third-order valence-electron chi connectivity index (χ3n) is 2.56. The molecule has 0 aromatic heterocycles. The van der Waals surface area contributed by atoms with Crippen molar-refractivity contribution >= 4 is 5.91 Å². The minimum Gasteiger partial charge on any atom is -0.394 e. The van der Waals surface area contributed by atoms with Crippen LogP contribution in [0, 0.1) is 0 Å². The molecule has 1 amide bonds. The zero-order valence-corrected chi connectivity index (χ0v) is 10.3. The van der Waals surface area contributed by atoms with Crippen molar-refractivity contribution in [3.05, 3.63) is 0 Å². The van der Waals surface area contributed by atoms with Gasteiger partial charge in [-0.05, 0) is 20.4 Å². The van der Waals surface area contributed by atoms with Crippen molar-refractivity contribution in [1.29, 1.82) is 0 Å². The largest absolute Gasteiger partial charge is 0.394 e. The highest BCUT2D eigenvalue weighted by molar-refractivity contribution is 5.78. The van der Waals surface area contributed by atoms with Crippen LogP contribution in [0.3, 0.4) is 0 Å². The van der Waals surface area contributed by atoms with Crippen molar-refractivity contribution in [3.8, 4) is 0 Å². The van der Waals surface area contributed by atoms with Crippen LogP contribution in [0.4, 0.5) is 0 Å². The molecule has 5 heteroatoms. The maximum Gasteiger partial charge on any atom is 0.236 e. The zero-order chi connectivity index (χ0) is 12.2. The van der Waals surface area contributed by atoms with Crippen LogP contribution in [0.5, 0.6) is 0 Å². The first-order chi connectivity index (χ1) is 7.48. The third kappa shape index (κ3) is 3.73. The summed E-state index contributed by atoms with van der Waals surface area (Å²) in [5, 5.41) is 12.1. The van der Waals surface area contributed by atoms with Crippen molar-refractivity contribution in [2.45, 2.75) is 32.5 Å². The number of rotatable bonds is 4. The number of aliphatic hydroxyl groups excluding tert-OH is 1. The Kier molecular flexibility index (Phi) is 4.70. The smallest absolute Gasteiger partial charge is 0.236 e. The standard InChI is InChI=1S/C11H22N2O3/c1-4-12-5-10(15)13-6-9(7-14)16-11(2,3)8-13/h9,12,14H,4-8H2,1-3H3. The highest BCUT2D eigenvalue weighted by atomic mass is 16.5. The van der Waals surface area contributed by atoms with Crippen LogP contribution in [0.15, 0.2) is 0 Å². The molecule has 1 fully saturated rings. The lowest BCUT2D eigenvalue weighted by Crippen LogP contribution is -2.56. The maximum atomic E-state index is 11.8. The van der Waals surface area contributed by atoms with E-state index in [-0.39, 0.29) is 24.2 Å². The number of ether oxygens (including phenoxy) is 1. The molecule has 0 aliphatic carbocycles. The molecule has 0 radical (unpaired) electrons. The normalized spacial score (nSPS) is 24.5. The second-order valence-corrected chi connectivity index (χ2v) is 4.74. The molecule has 0 aromatic carbocycles. The predicted molar refractivity (Wildman–Crippen MR) is 61.2 cm³/mol. The van der Waals surface area contributed by atoms with Gasteiger partial charge in [0.15, 0.2) is 0 Å². The molecule has 1 saturated heterocycles. The molecule has 2 N–H and O–H groups in total. The molecule has 0 aromatic rings. The summed E-state index contributed by atoms with van der Waals surface area (Å²) >= 11 is 0. The van der Waals surface area contributed by atoms with E-state index in [2.05, 4.69) is 5.32 Å². The number of carbonyl (C=O) groups excluding carboxylic acids is 1. The Hall–Kier alpha value is -0.650. The monoisotopic (exact) mass is 230 g/mol. The van der Waals surface area contributed by atoms with Gasteiger partial charge in [0.1, 0.15) is 0 Å². The summed E-state index contributed by atoms with van der Waals surface area (Å²) in [6.07, 6.45) is -0.269. The fraction of sp³-hybridized carbons (Fsp3) is 0.909. The van der Waals surface area contributed by atoms with Gasteiger partial charge < -0.3 is 20.1 Å². The fourth-order valence-corrected chi connectivity index (χ4v) is 1.92. The number of hydrogen-bond donors (Lipinski definition) is 2. The van der Waals surface area contributed by atoms with E-state index in [4.69, 9.17) is 9.84 Å². The second kappa shape index (κ2) is 5.61. The molecule has 1 aliphatic heterocycles. The molecule has 1 aliphatic rings. The van der Waals surface area contributed by atoms with Gasteiger partial charge in [-0.2, -0.15) is 0 Å². The van der Waals surface area contributed by atoms with Crippen molar-refractivity contribution in [3.63, 3.8) is 0 Å². The number of carbonyl (C=O) groups is 1. The summed E-state index contributed by atoms with van der Waals surface area (Å²) < 4.78 is 5.64. The summed E-state index contributed by atoms with van der Waals surface area (Å²) in [7, 11) is 0. The SMILES string of the molecule is CCNCC(=O)N1CC(CO)OC(C)(C)C1. The molecule has 0 spiro atoms. The number of nitrogens with one attached hydrogen (secondary N) is 1. The van der Waals surface area contributed by atoms with E-state index in [9.17, 15) is 4.79 Å². The van der Waals surface area contributed by atoms with Crippen LogP contribution in [-0.2, 0) is 9.53 Å². The van der Waals surface area contributed by atoms with E-state index in [0.717, 1.165) is 6.54 Å². The lowest BCUT2D eigenvalue weighted by molar-refractivity contribution is -0.166. The third-order valence-corrected chi connectivity index (χ3v) is 2.56. The topological polar surface area (TPSA) is 61.8 Å². The first-order valence-electron chi connectivity index (χ1n) is 5.75. The summed E-state index contributed by atoms with van der Waals surface area (Å²) in [5.74, 6) is 0.0664. The van der Waals surface area contributed by atoms with Crippen molar-refractivity contribution < 1.29 is 14.6 Å². The van der Waals surface area contributed by atoms with Gasteiger partial charge in [-0.1, -0.05) is 6.92 Å². The van der Waals surface area contributed by atoms with Crippen molar-refractivity contribution in [2.75, 3.05) is 32.8 Å².